The molecule has 0 radical (unpaired) electrons. The van der Waals surface area contributed by atoms with Crippen molar-refractivity contribution in [2.75, 3.05) is 6.61 Å². The summed E-state index contributed by atoms with van der Waals surface area (Å²) in [6, 6.07) is 2.82. The van der Waals surface area contributed by atoms with Crippen molar-refractivity contribution in [2.45, 2.75) is 51.4 Å². The van der Waals surface area contributed by atoms with Gasteiger partial charge in [0, 0.05) is 23.5 Å². The minimum Gasteiger partial charge on any atom is -0.480 e. The third-order valence-electron chi connectivity index (χ3n) is 5.30. The number of carboxylic acids is 1. The number of aromatic amines is 1. The summed E-state index contributed by atoms with van der Waals surface area (Å²) in [7, 11) is 0. The molecule has 0 fully saturated rings. The first-order valence-corrected chi connectivity index (χ1v) is 10.6. The van der Waals surface area contributed by atoms with E-state index in [9.17, 15) is 24.3 Å². The number of para-hydroxylation sites is 1. The fourth-order valence-electron chi connectivity index (χ4n) is 3.14. The Morgan fingerprint density at radius 1 is 0.970 bits per heavy atom. The van der Waals surface area contributed by atoms with Crippen molar-refractivity contribution in [3.05, 3.63) is 36.0 Å². The van der Waals surface area contributed by atoms with Gasteiger partial charge in [-0.05, 0) is 24.5 Å². The van der Waals surface area contributed by atoms with Gasteiger partial charge in [-0.15, -0.1) is 0 Å². The van der Waals surface area contributed by atoms with Crippen molar-refractivity contribution in [1.29, 1.82) is 0 Å². The van der Waals surface area contributed by atoms with Crippen LogP contribution >= 0.6 is 0 Å². The van der Waals surface area contributed by atoms with E-state index < -0.39 is 54.5 Å². The fraction of sp³-hybridized carbons (Fsp3) is 0.455. The van der Waals surface area contributed by atoms with Crippen LogP contribution in [0.4, 0.5) is 0 Å². The normalized spacial score (nSPS) is 14.8. The van der Waals surface area contributed by atoms with Gasteiger partial charge in [-0.2, -0.15) is 0 Å². The molecule has 0 saturated carbocycles. The van der Waals surface area contributed by atoms with E-state index in [4.69, 9.17) is 10.8 Å². The summed E-state index contributed by atoms with van der Waals surface area (Å²) >= 11 is 0. The number of fused-ring (bicyclic) bond motifs is 1. The Kier molecular flexibility index (Phi) is 8.94. The molecule has 3 amide bonds. The first kappa shape index (κ1) is 25.8. The zero-order valence-corrected chi connectivity index (χ0v) is 18.8. The standard InChI is InChI=1S/C22H31N5O6/c1-11(2)18(23)21(31)27-17(10-28)20(30)26-16(19(29)25-12(3)22(32)33)8-13-9-24-15-7-5-4-6-14(13)15/h4-7,9,11-12,16-18,24,28H,8,10,23H2,1-3H3,(H,25,29)(H,26,30)(H,27,31)(H,32,33). The van der Waals surface area contributed by atoms with Crippen LogP contribution in [0.1, 0.15) is 26.3 Å². The van der Waals surface area contributed by atoms with Crippen LogP contribution in [-0.4, -0.2) is 69.7 Å². The summed E-state index contributed by atoms with van der Waals surface area (Å²) in [5.41, 5.74) is 7.35. The lowest BCUT2D eigenvalue weighted by Crippen LogP contribution is -2.58. The number of aliphatic hydroxyl groups excluding tert-OH is 1. The molecule has 0 spiro atoms. The highest BCUT2D eigenvalue weighted by Gasteiger charge is 2.30. The zero-order valence-electron chi connectivity index (χ0n) is 18.8. The Bertz CT molecular complexity index is 1000. The lowest BCUT2D eigenvalue weighted by molar-refractivity contribution is -0.141. The summed E-state index contributed by atoms with van der Waals surface area (Å²) in [4.78, 5) is 52.1. The van der Waals surface area contributed by atoms with E-state index in [2.05, 4.69) is 20.9 Å². The van der Waals surface area contributed by atoms with Crippen LogP contribution in [0.15, 0.2) is 30.5 Å². The predicted molar refractivity (Wildman–Crippen MR) is 121 cm³/mol. The molecule has 0 bridgehead atoms. The zero-order chi connectivity index (χ0) is 24.7. The Labute approximate surface area is 191 Å². The third kappa shape index (κ3) is 6.77. The SMILES string of the molecule is CC(NC(=O)C(Cc1c[nH]c2ccccc12)NC(=O)C(CO)NC(=O)C(N)C(C)C)C(=O)O. The van der Waals surface area contributed by atoms with Crippen LogP contribution in [-0.2, 0) is 25.6 Å². The van der Waals surface area contributed by atoms with E-state index in [0.29, 0.717) is 0 Å². The van der Waals surface area contributed by atoms with Crippen LogP contribution in [0.3, 0.4) is 0 Å². The molecule has 180 valence electrons. The first-order chi connectivity index (χ1) is 15.5. The van der Waals surface area contributed by atoms with E-state index >= 15 is 0 Å². The minimum atomic E-state index is -1.34. The lowest BCUT2D eigenvalue weighted by atomic mass is 10.0. The number of aliphatic hydroxyl groups is 1. The number of benzene rings is 1. The highest BCUT2D eigenvalue weighted by molar-refractivity contribution is 5.94. The Morgan fingerprint density at radius 3 is 2.18 bits per heavy atom. The largest absolute Gasteiger partial charge is 0.480 e. The Hall–Kier alpha value is -3.44. The first-order valence-electron chi connectivity index (χ1n) is 10.6. The van der Waals surface area contributed by atoms with Crippen molar-refractivity contribution in [3.63, 3.8) is 0 Å². The molecule has 1 aromatic heterocycles. The van der Waals surface area contributed by atoms with E-state index in [0.717, 1.165) is 16.5 Å². The number of nitrogens with one attached hydrogen (secondary N) is 4. The molecule has 33 heavy (non-hydrogen) atoms. The monoisotopic (exact) mass is 461 g/mol. The summed E-state index contributed by atoms with van der Waals surface area (Å²) in [5.74, 6) is -3.56. The number of carbonyl (C=O) groups is 4. The molecular formula is C22H31N5O6. The molecule has 4 unspecified atom stereocenters. The molecule has 1 heterocycles. The Morgan fingerprint density at radius 2 is 1.58 bits per heavy atom. The van der Waals surface area contributed by atoms with Crippen molar-refractivity contribution < 1.29 is 29.4 Å². The van der Waals surface area contributed by atoms with Crippen molar-refractivity contribution in [1.82, 2.24) is 20.9 Å². The molecular weight excluding hydrogens is 430 g/mol. The molecule has 8 N–H and O–H groups in total. The van der Waals surface area contributed by atoms with Crippen LogP contribution < -0.4 is 21.7 Å². The summed E-state index contributed by atoms with van der Waals surface area (Å²) in [5, 5.41) is 26.8. The maximum atomic E-state index is 12.8. The van der Waals surface area contributed by atoms with Gasteiger partial charge in [0.1, 0.15) is 18.1 Å². The molecule has 0 aliphatic carbocycles. The van der Waals surface area contributed by atoms with Crippen LogP contribution in [0, 0.1) is 5.92 Å². The van der Waals surface area contributed by atoms with Gasteiger partial charge in [0.05, 0.1) is 12.6 Å². The van der Waals surface area contributed by atoms with Crippen LogP contribution in [0.2, 0.25) is 0 Å². The van der Waals surface area contributed by atoms with E-state index in [1.54, 1.807) is 20.0 Å². The lowest BCUT2D eigenvalue weighted by Gasteiger charge is -2.24. The van der Waals surface area contributed by atoms with Crippen LogP contribution in [0.5, 0.6) is 0 Å². The van der Waals surface area contributed by atoms with Gasteiger partial charge in [0.2, 0.25) is 17.7 Å². The number of carboxylic acid groups (broad SMARTS) is 1. The number of carbonyl (C=O) groups excluding carboxylic acids is 3. The number of aliphatic carboxylic acids is 1. The molecule has 0 aliphatic rings. The minimum absolute atomic E-state index is 0.0472. The van der Waals surface area contributed by atoms with Crippen LogP contribution in [0.25, 0.3) is 10.9 Å². The number of nitrogens with two attached hydrogens (primary N) is 1. The summed E-state index contributed by atoms with van der Waals surface area (Å²) < 4.78 is 0. The summed E-state index contributed by atoms with van der Waals surface area (Å²) in [6.45, 7) is 4.07. The second-order valence-electron chi connectivity index (χ2n) is 8.21. The highest BCUT2D eigenvalue weighted by Crippen LogP contribution is 2.19. The highest BCUT2D eigenvalue weighted by atomic mass is 16.4. The summed E-state index contributed by atoms with van der Waals surface area (Å²) in [6.07, 6.45) is 1.75. The number of amides is 3. The molecule has 1 aromatic carbocycles. The number of H-pyrrole nitrogens is 1. The van der Waals surface area contributed by atoms with Gasteiger partial charge in [-0.3, -0.25) is 19.2 Å². The van der Waals surface area contributed by atoms with Gasteiger partial charge in [0.25, 0.3) is 0 Å². The molecule has 0 aliphatic heterocycles. The van der Waals surface area contributed by atoms with Crippen molar-refractivity contribution in [2.24, 2.45) is 11.7 Å². The molecule has 2 rings (SSSR count). The smallest absolute Gasteiger partial charge is 0.325 e. The molecule has 0 saturated heterocycles. The predicted octanol–water partition coefficient (Wildman–Crippen LogP) is -0.755. The molecule has 2 aromatic rings. The maximum absolute atomic E-state index is 12.8. The maximum Gasteiger partial charge on any atom is 0.325 e. The van der Waals surface area contributed by atoms with Gasteiger partial charge >= 0.3 is 5.97 Å². The number of hydrogen-bond donors (Lipinski definition) is 7. The number of rotatable bonds is 11. The quantitative estimate of drug-likeness (QED) is 0.229. The Balaban J connectivity index is 2.22. The van der Waals surface area contributed by atoms with E-state index in [1.807, 2.05) is 24.3 Å². The number of aromatic nitrogens is 1. The average Bonchev–Trinajstić information content (AvgIpc) is 3.18. The second kappa shape index (κ2) is 11.4. The second-order valence-corrected chi connectivity index (χ2v) is 8.21. The average molecular weight is 462 g/mol. The molecule has 11 heteroatoms. The van der Waals surface area contributed by atoms with E-state index in [-0.39, 0.29) is 12.3 Å². The van der Waals surface area contributed by atoms with Gasteiger partial charge in [-0.1, -0.05) is 32.0 Å². The van der Waals surface area contributed by atoms with Crippen molar-refractivity contribution >= 4 is 34.6 Å². The number of hydrogen-bond acceptors (Lipinski definition) is 6. The fourth-order valence-corrected chi connectivity index (χ4v) is 3.14. The van der Waals surface area contributed by atoms with E-state index in [1.165, 1.54) is 6.92 Å². The third-order valence-corrected chi connectivity index (χ3v) is 5.30. The molecule has 4 atom stereocenters. The van der Waals surface area contributed by atoms with Crippen molar-refractivity contribution in [3.8, 4) is 0 Å². The molecule has 11 nitrogen and oxygen atoms in total. The van der Waals surface area contributed by atoms with Gasteiger partial charge < -0.3 is 36.9 Å². The topological polar surface area (TPSA) is 187 Å². The van der Waals surface area contributed by atoms with Gasteiger partial charge in [-0.25, -0.2) is 0 Å². The van der Waals surface area contributed by atoms with Gasteiger partial charge in [0.15, 0.2) is 0 Å².